The van der Waals surface area contributed by atoms with Crippen LogP contribution >= 0.6 is 0 Å². The van der Waals surface area contributed by atoms with Crippen molar-refractivity contribution in [2.75, 3.05) is 13.7 Å². The first kappa shape index (κ1) is 16.1. The zero-order valence-electron chi connectivity index (χ0n) is 14.1. The zero-order chi connectivity index (χ0) is 17.1. The summed E-state index contributed by atoms with van der Waals surface area (Å²) >= 11 is 0. The normalized spacial score (nSPS) is 11.0. The number of rotatable bonds is 5. The van der Waals surface area contributed by atoms with E-state index in [-0.39, 0.29) is 5.56 Å². The predicted octanol–water partition coefficient (Wildman–Crippen LogP) is 2.36. The second-order valence-electron chi connectivity index (χ2n) is 5.68. The van der Waals surface area contributed by atoms with Crippen LogP contribution in [0.1, 0.15) is 11.4 Å². The highest BCUT2D eigenvalue weighted by Gasteiger charge is 2.10. The van der Waals surface area contributed by atoms with E-state index in [0.717, 1.165) is 17.1 Å². The monoisotopic (exact) mass is 324 g/mol. The Bertz CT molecular complexity index is 911. The molecule has 0 saturated heterocycles. The van der Waals surface area contributed by atoms with Crippen molar-refractivity contribution in [1.29, 1.82) is 0 Å². The van der Waals surface area contributed by atoms with Gasteiger partial charge in [-0.1, -0.05) is 23.8 Å². The van der Waals surface area contributed by atoms with Gasteiger partial charge in [0.1, 0.15) is 5.82 Å². The van der Waals surface area contributed by atoms with Crippen molar-refractivity contribution in [2.24, 2.45) is 0 Å². The first-order chi connectivity index (χ1) is 11.6. The summed E-state index contributed by atoms with van der Waals surface area (Å²) in [5, 5.41) is 4.20. The number of benzene rings is 1. The largest absolute Gasteiger partial charge is 0.383 e. The Hall–Kier alpha value is -2.73. The highest BCUT2D eigenvalue weighted by atomic mass is 16.5. The highest BCUT2D eigenvalue weighted by molar-refractivity contribution is 5.60. The van der Waals surface area contributed by atoms with Crippen LogP contribution in [0.15, 0.2) is 47.5 Å². The van der Waals surface area contributed by atoms with Crippen LogP contribution in [0.25, 0.3) is 16.9 Å². The average molecular weight is 324 g/mol. The molecule has 0 fully saturated rings. The van der Waals surface area contributed by atoms with Gasteiger partial charge in [-0.05, 0) is 19.9 Å². The first-order valence-electron chi connectivity index (χ1n) is 7.78. The summed E-state index contributed by atoms with van der Waals surface area (Å²) in [6, 6.07) is 9.75. The Morgan fingerprint density at radius 3 is 2.75 bits per heavy atom. The fraction of sp³-hybridized carbons (Fsp3) is 0.278. The van der Waals surface area contributed by atoms with E-state index in [4.69, 9.17) is 4.74 Å². The molecule has 0 radical (unpaired) electrons. The Morgan fingerprint density at radius 1 is 1.21 bits per heavy atom. The SMILES string of the molecule is COCCn1ncc(-n2cc(-c3cccc(C)c3)nc2C)cc1=O. The topological polar surface area (TPSA) is 61.9 Å². The van der Waals surface area contributed by atoms with Gasteiger partial charge < -0.3 is 9.30 Å². The summed E-state index contributed by atoms with van der Waals surface area (Å²) < 4.78 is 8.25. The lowest BCUT2D eigenvalue weighted by molar-refractivity contribution is 0.182. The third-order valence-electron chi connectivity index (χ3n) is 3.84. The molecule has 2 heterocycles. The lowest BCUT2D eigenvalue weighted by Crippen LogP contribution is -2.24. The maximum Gasteiger partial charge on any atom is 0.268 e. The van der Waals surface area contributed by atoms with Gasteiger partial charge in [0.05, 0.1) is 30.7 Å². The van der Waals surface area contributed by atoms with E-state index in [1.165, 1.54) is 10.2 Å². The van der Waals surface area contributed by atoms with Crippen LogP contribution in [0.4, 0.5) is 0 Å². The summed E-state index contributed by atoms with van der Waals surface area (Å²) in [5.41, 5.74) is 3.66. The summed E-state index contributed by atoms with van der Waals surface area (Å²) in [6.07, 6.45) is 3.60. The summed E-state index contributed by atoms with van der Waals surface area (Å²) in [7, 11) is 1.60. The van der Waals surface area contributed by atoms with Gasteiger partial charge in [-0.15, -0.1) is 0 Å². The lowest BCUT2D eigenvalue weighted by atomic mass is 10.1. The van der Waals surface area contributed by atoms with Gasteiger partial charge in [-0.2, -0.15) is 5.10 Å². The molecule has 0 bridgehead atoms. The van der Waals surface area contributed by atoms with Gasteiger partial charge >= 0.3 is 0 Å². The van der Waals surface area contributed by atoms with Gasteiger partial charge in [-0.3, -0.25) is 4.79 Å². The molecule has 0 spiro atoms. The Morgan fingerprint density at radius 2 is 2.04 bits per heavy atom. The van der Waals surface area contributed by atoms with E-state index in [2.05, 4.69) is 29.1 Å². The zero-order valence-corrected chi connectivity index (χ0v) is 14.1. The van der Waals surface area contributed by atoms with E-state index < -0.39 is 0 Å². The molecule has 24 heavy (non-hydrogen) atoms. The van der Waals surface area contributed by atoms with Gasteiger partial charge in [-0.25, -0.2) is 9.67 Å². The van der Waals surface area contributed by atoms with Gasteiger partial charge in [0.15, 0.2) is 0 Å². The molecule has 3 rings (SSSR count). The summed E-state index contributed by atoms with van der Waals surface area (Å²) in [5.74, 6) is 0.808. The molecule has 1 aromatic carbocycles. The van der Waals surface area contributed by atoms with Crippen molar-refractivity contribution < 1.29 is 4.74 Å². The van der Waals surface area contributed by atoms with E-state index in [0.29, 0.717) is 18.8 Å². The van der Waals surface area contributed by atoms with Crippen LogP contribution in [0, 0.1) is 13.8 Å². The molecule has 6 heteroatoms. The Balaban J connectivity index is 1.96. The smallest absolute Gasteiger partial charge is 0.268 e. The maximum absolute atomic E-state index is 12.2. The number of ether oxygens (including phenoxy) is 1. The van der Waals surface area contributed by atoms with Crippen LogP contribution in [0.5, 0.6) is 0 Å². The van der Waals surface area contributed by atoms with E-state index in [9.17, 15) is 4.79 Å². The van der Waals surface area contributed by atoms with Crippen LogP contribution in [-0.2, 0) is 11.3 Å². The van der Waals surface area contributed by atoms with Crippen molar-refractivity contribution >= 4 is 0 Å². The Kier molecular flexibility index (Phi) is 4.57. The first-order valence-corrected chi connectivity index (χ1v) is 7.78. The molecule has 0 atom stereocenters. The predicted molar refractivity (Wildman–Crippen MR) is 92.4 cm³/mol. The minimum Gasteiger partial charge on any atom is -0.383 e. The molecule has 0 aliphatic heterocycles. The van der Waals surface area contributed by atoms with E-state index in [1.54, 1.807) is 19.4 Å². The summed E-state index contributed by atoms with van der Waals surface area (Å²) in [6.45, 7) is 4.85. The number of imidazole rings is 1. The molecule has 0 unspecified atom stereocenters. The fourth-order valence-electron chi connectivity index (χ4n) is 2.58. The summed E-state index contributed by atoms with van der Waals surface area (Å²) in [4.78, 5) is 16.8. The maximum atomic E-state index is 12.2. The molecule has 3 aromatic rings. The molecule has 6 nitrogen and oxygen atoms in total. The van der Waals surface area contributed by atoms with Gasteiger partial charge in [0.25, 0.3) is 5.56 Å². The van der Waals surface area contributed by atoms with Gasteiger partial charge in [0.2, 0.25) is 0 Å². The van der Waals surface area contributed by atoms with Crippen molar-refractivity contribution in [2.45, 2.75) is 20.4 Å². The van der Waals surface area contributed by atoms with Crippen molar-refractivity contribution in [3.05, 3.63) is 64.5 Å². The number of nitrogens with zero attached hydrogens (tertiary/aromatic N) is 4. The van der Waals surface area contributed by atoms with E-state index >= 15 is 0 Å². The fourth-order valence-corrected chi connectivity index (χ4v) is 2.58. The Labute approximate surface area is 140 Å². The molecular formula is C18H20N4O2. The number of aromatic nitrogens is 4. The van der Waals surface area contributed by atoms with Gasteiger partial charge in [0, 0.05) is 24.9 Å². The number of methoxy groups -OCH3 is 1. The molecule has 0 aliphatic rings. The molecule has 0 N–H and O–H groups in total. The molecule has 124 valence electrons. The van der Waals surface area contributed by atoms with E-state index in [1.807, 2.05) is 29.8 Å². The second-order valence-corrected chi connectivity index (χ2v) is 5.68. The number of aryl methyl sites for hydroxylation is 2. The molecule has 0 saturated carbocycles. The van der Waals surface area contributed by atoms with Crippen LogP contribution < -0.4 is 5.56 Å². The number of hydrogen-bond acceptors (Lipinski definition) is 4. The van der Waals surface area contributed by atoms with Crippen LogP contribution in [-0.4, -0.2) is 33.0 Å². The quantitative estimate of drug-likeness (QED) is 0.723. The highest BCUT2D eigenvalue weighted by Crippen LogP contribution is 2.21. The molecular weight excluding hydrogens is 304 g/mol. The minimum absolute atomic E-state index is 0.158. The second kappa shape index (κ2) is 6.80. The van der Waals surface area contributed by atoms with Crippen molar-refractivity contribution in [3.63, 3.8) is 0 Å². The third-order valence-corrected chi connectivity index (χ3v) is 3.84. The lowest BCUT2D eigenvalue weighted by Gasteiger charge is -2.07. The number of hydrogen-bond donors (Lipinski definition) is 0. The van der Waals surface area contributed by atoms with Crippen LogP contribution in [0.2, 0.25) is 0 Å². The average Bonchev–Trinajstić information content (AvgIpc) is 2.95. The third kappa shape index (κ3) is 3.28. The standard InChI is InChI=1S/C18H20N4O2/c1-13-5-4-6-15(9-13)17-12-21(14(2)20-17)16-10-18(23)22(19-11-16)7-8-24-3/h4-6,9-12H,7-8H2,1-3H3. The molecule has 2 aromatic heterocycles. The van der Waals surface area contributed by atoms with Crippen LogP contribution in [0.3, 0.4) is 0 Å². The van der Waals surface area contributed by atoms with Crippen molar-refractivity contribution in [3.8, 4) is 16.9 Å². The van der Waals surface area contributed by atoms with Crippen molar-refractivity contribution in [1.82, 2.24) is 19.3 Å². The molecule has 0 amide bonds. The molecule has 0 aliphatic carbocycles. The minimum atomic E-state index is -0.158.